The Hall–Kier alpha value is -3.02. The monoisotopic (exact) mass is 652 g/mol. The molecular weight excluding hydrogens is 604 g/mol. The number of ketones is 3. The number of carbonyl (C=O) groups excluding carboxylic acids is 4. The standard InChI is InChI=1S/C37H48O10/c1-22(38)26-12-13-30(40)36(26,4)31(47-32(41)14-11-24-9-7-6-8-10-24)19-27-28(39)16-18-37(43)21-25(15-17-35(27,37)3)46-33-20-29(44-5)34(42)23(2)45-33/h6-11,14,16,18,23,25-27,29,31,33-34,42-43H,12-13,15,17,19-21H2,1-5H3/b14-11+/t23-,25+,26-,27+,29+,31-,33+,34-,35-,36+,37+/m1/s1. The quantitative estimate of drug-likeness (QED) is 0.279. The summed E-state index contributed by atoms with van der Waals surface area (Å²) >= 11 is 0. The van der Waals surface area contributed by atoms with Gasteiger partial charge in [-0.05, 0) is 70.2 Å². The Morgan fingerprint density at radius 2 is 1.87 bits per heavy atom. The van der Waals surface area contributed by atoms with Crippen LogP contribution in [-0.2, 0) is 38.1 Å². The molecule has 1 saturated heterocycles. The minimum absolute atomic E-state index is 0.0267. The summed E-state index contributed by atoms with van der Waals surface area (Å²) in [6.45, 7) is 6.73. The number of carbonyl (C=O) groups is 4. The minimum Gasteiger partial charge on any atom is -0.458 e. The second-order valence-corrected chi connectivity index (χ2v) is 14.2. The minimum atomic E-state index is -1.45. The van der Waals surface area contributed by atoms with Crippen LogP contribution >= 0.6 is 0 Å². The highest BCUT2D eigenvalue weighted by molar-refractivity contribution is 5.97. The molecule has 4 aliphatic rings. The van der Waals surface area contributed by atoms with E-state index in [2.05, 4.69) is 0 Å². The number of ether oxygens (including phenoxy) is 4. The van der Waals surface area contributed by atoms with Gasteiger partial charge in [0.25, 0.3) is 0 Å². The highest BCUT2D eigenvalue weighted by Gasteiger charge is 2.61. The predicted molar refractivity (Wildman–Crippen MR) is 172 cm³/mol. The zero-order chi connectivity index (χ0) is 34.1. The van der Waals surface area contributed by atoms with E-state index >= 15 is 0 Å². The van der Waals surface area contributed by atoms with E-state index in [4.69, 9.17) is 18.9 Å². The van der Waals surface area contributed by atoms with Crippen LogP contribution in [0.1, 0.15) is 78.2 Å². The molecule has 10 nitrogen and oxygen atoms in total. The number of Topliss-reactive ketones (excluding diaryl/α,β-unsaturated/α-hetero) is 2. The summed E-state index contributed by atoms with van der Waals surface area (Å²) in [7, 11) is 1.53. The largest absolute Gasteiger partial charge is 0.458 e. The summed E-state index contributed by atoms with van der Waals surface area (Å²) in [5.41, 5.74) is -2.96. The normalized spacial score (nSPS) is 39.5. The Labute approximate surface area is 276 Å². The first-order chi connectivity index (χ1) is 22.2. The average Bonchev–Trinajstić information content (AvgIpc) is 3.35. The van der Waals surface area contributed by atoms with Crippen molar-refractivity contribution in [2.75, 3.05) is 7.11 Å². The summed E-state index contributed by atoms with van der Waals surface area (Å²) in [5, 5.41) is 22.5. The van der Waals surface area contributed by atoms with Crippen LogP contribution in [0, 0.1) is 22.7 Å². The molecule has 2 saturated carbocycles. The van der Waals surface area contributed by atoms with Gasteiger partial charge >= 0.3 is 5.97 Å². The predicted octanol–water partition coefficient (Wildman–Crippen LogP) is 4.15. The first-order valence-electron chi connectivity index (χ1n) is 16.7. The summed E-state index contributed by atoms with van der Waals surface area (Å²) in [5.74, 6) is -2.72. The third-order valence-corrected chi connectivity index (χ3v) is 11.5. The van der Waals surface area contributed by atoms with Crippen LogP contribution in [0.5, 0.6) is 0 Å². The maximum absolute atomic E-state index is 13.7. The number of methoxy groups -OCH3 is 1. The number of hydrogen-bond donors (Lipinski definition) is 2. The summed E-state index contributed by atoms with van der Waals surface area (Å²) in [6, 6.07) is 9.23. The molecule has 3 fully saturated rings. The maximum Gasteiger partial charge on any atom is 0.331 e. The maximum atomic E-state index is 13.7. The fourth-order valence-electron chi connectivity index (χ4n) is 8.39. The van der Waals surface area contributed by atoms with E-state index in [9.17, 15) is 29.4 Å². The lowest BCUT2D eigenvalue weighted by Crippen LogP contribution is -2.60. The first kappa shape index (κ1) is 35.3. The molecule has 0 bridgehead atoms. The topological polar surface area (TPSA) is 146 Å². The molecule has 0 radical (unpaired) electrons. The first-order valence-corrected chi connectivity index (χ1v) is 16.7. The molecule has 5 rings (SSSR count). The molecule has 3 aliphatic carbocycles. The van der Waals surface area contributed by atoms with Crippen molar-refractivity contribution in [1.82, 2.24) is 0 Å². The average molecular weight is 653 g/mol. The van der Waals surface area contributed by atoms with E-state index in [1.165, 1.54) is 32.3 Å². The van der Waals surface area contributed by atoms with Crippen molar-refractivity contribution in [3.05, 3.63) is 54.1 Å². The number of esters is 1. The fourth-order valence-corrected chi connectivity index (χ4v) is 8.39. The van der Waals surface area contributed by atoms with Gasteiger partial charge in [-0.1, -0.05) is 37.3 Å². The van der Waals surface area contributed by atoms with Crippen LogP contribution in [0.25, 0.3) is 6.08 Å². The van der Waals surface area contributed by atoms with Gasteiger partial charge in [-0.15, -0.1) is 0 Å². The van der Waals surface area contributed by atoms with Crippen molar-refractivity contribution in [2.24, 2.45) is 22.7 Å². The van der Waals surface area contributed by atoms with Crippen LogP contribution in [0.2, 0.25) is 0 Å². The molecule has 0 aromatic heterocycles. The van der Waals surface area contributed by atoms with Gasteiger partial charge in [0.1, 0.15) is 23.8 Å². The number of aliphatic hydroxyl groups excluding tert-OH is 1. The van der Waals surface area contributed by atoms with Gasteiger partial charge in [0.15, 0.2) is 12.1 Å². The number of rotatable bonds is 10. The van der Waals surface area contributed by atoms with E-state index in [1.54, 1.807) is 19.9 Å². The van der Waals surface area contributed by atoms with Crippen molar-refractivity contribution in [3.8, 4) is 0 Å². The SMILES string of the molecule is CO[C@H]1C[C@H](O[C@H]2CC[C@]3(C)[C@@H](C[C@@H](OC(=O)/C=C/c4ccccc4)[C@]4(C)C(=O)CC[C@@H]4C(C)=O)C(=O)C=C[C@]3(O)C2)O[C@H](C)[C@H]1O. The van der Waals surface area contributed by atoms with Crippen molar-refractivity contribution >= 4 is 29.4 Å². The molecule has 11 atom stereocenters. The molecule has 1 aromatic rings. The Balaban J connectivity index is 1.39. The second-order valence-electron chi connectivity index (χ2n) is 14.2. The van der Waals surface area contributed by atoms with Crippen molar-refractivity contribution in [1.29, 1.82) is 0 Å². The smallest absolute Gasteiger partial charge is 0.331 e. The molecule has 0 unspecified atom stereocenters. The second kappa shape index (κ2) is 13.8. The highest BCUT2D eigenvalue weighted by atomic mass is 16.7. The lowest BCUT2D eigenvalue weighted by atomic mass is 9.52. The molecular formula is C37H48O10. The third kappa shape index (κ3) is 6.81. The molecule has 10 heteroatoms. The van der Waals surface area contributed by atoms with Gasteiger partial charge in [0, 0.05) is 49.7 Å². The molecule has 1 aliphatic heterocycles. The highest BCUT2D eigenvalue weighted by Crippen LogP contribution is 2.56. The van der Waals surface area contributed by atoms with Crippen LogP contribution in [0.3, 0.4) is 0 Å². The van der Waals surface area contributed by atoms with Crippen molar-refractivity contribution in [3.63, 3.8) is 0 Å². The van der Waals surface area contributed by atoms with Crippen LogP contribution in [-0.4, -0.2) is 83.1 Å². The Bertz CT molecular complexity index is 1400. The van der Waals surface area contributed by atoms with Crippen molar-refractivity contribution in [2.45, 2.75) is 115 Å². The Kier molecular flexibility index (Phi) is 10.4. The van der Waals surface area contributed by atoms with E-state index in [-0.39, 0.29) is 36.6 Å². The van der Waals surface area contributed by atoms with Gasteiger partial charge < -0.3 is 29.2 Å². The molecule has 0 spiro atoms. The van der Waals surface area contributed by atoms with Gasteiger partial charge in [-0.3, -0.25) is 14.4 Å². The van der Waals surface area contributed by atoms with E-state index < -0.39 is 71.0 Å². The summed E-state index contributed by atoms with van der Waals surface area (Å²) in [4.78, 5) is 53.3. The zero-order valence-corrected chi connectivity index (χ0v) is 27.9. The Morgan fingerprint density at radius 1 is 1.15 bits per heavy atom. The van der Waals surface area contributed by atoms with Crippen molar-refractivity contribution < 1.29 is 48.3 Å². The van der Waals surface area contributed by atoms with Gasteiger partial charge in [0.2, 0.25) is 0 Å². The number of allylic oxidation sites excluding steroid dienone is 1. The van der Waals surface area contributed by atoms with E-state index in [1.807, 2.05) is 37.3 Å². The molecule has 1 aromatic carbocycles. The van der Waals surface area contributed by atoms with E-state index in [0.717, 1.165) is 5.56 Å². The third-order valence-electron chi connectivity index (χ3n) is 11.5. The molecule has 1 heterocycles. The molecule has 256 valence electrons. The summed E-state index contributed by atoms with van der Waals surface area (Å²) in [6.07, 6.45) is 3.93. The molecule has 2 N–H and O–H groups in total. The Morgan fingerprint density at radius 3 is 2.55 bits per heavy atom. The number of fused-ring (bicyclic) bond motifs is 1. The fraction of sp³-hybridized carbons (Fsp3) is 0.622. The van der Waals surface area contributed by atoms with Crippen LogP contribution in [0.4, 0.5) is 0 Å². The number of aliphatic hydroxyl groups is 2. The number of benzene rings is 1. The van der Waals surface area contributed by atoms with Gasteiger partial charge in [-0.2, -0.15) is 0 Å². The molecule has 0 amide bonds. The number of hydrogen-bond acceptors (Lipinski definition) is 10. The van der Waals surface area contributed by atoms with Gasteiger partial charge in [0.05, 0.1) is 29.3 Å². The summed E-state index contributed by atoms with van der Waals surface area (Å²) < 4.78 is 23.7. The lowest BCUT2D eigenvalue weighted by molar-refractivity contribution is -0.275. The van der Waals surface area contributed by atoms with Gasteiger partial charge in [-0.25, -0.2) is 4.79 Å². The lowest BCUT2D eigenvalue weighted by Gasteiger charge is -2.55. The van der Waals surface area contributed by atoms with E-state index in [0.29, 0.717) is 25.7 Å². The van der Waals surface area contributed by atoms with Crippen LogP contribution in [0.15, 0.2) is 48.6 Å². The molecule has 47 heavy (non-hydrogen) atoms. The van der Waals surface area contributed by atoms with Crippen LogP contribution < -0.4 is 0 Å². The zero-order valence-electron chi connectivity index (χ0n) is 27.9.